The molecule has 4 aromatic rings. The minimum Gasteiger partial charge on any atom is -0.489 e. The van der Waals surface area contributed by atoms with Gasteiger partial charge in [0.1, 0.15) is 35.1 Å². The van der Waals surface area contributed by atoms with Crippen molar-refractivity contribution in [1.82, 2.24) is 14.8 Å². The van der Waals surface area contributed by atoms with Gasteiger partial charge in [0, 0.05) is 16.2 Å². The topological polar surface area (TPSA) is 83.1 Å². The molecule has 3 aromatic carbocycles. The first kappa shape index (κ1) is 23.4. The Balaban J connectivity index is 1.63. The zero-order chi connectivity index (χ0) is 24.1. The van der Waals surface area contributed by atoms with E-state index in [4.69, 9.17) is 4.74 Å². The Bertz CT molecular complexity index is 1280. The highest BCUT2D eigenvalue weighted by molar-refractivity contribution is 7.99. The Morgan fingerprint density at radius 1 is 1.00 bits per heavy atom. The van der Waals surface area contributed by atoms with Crippen molar-refractivity contribution in [2.75, 3.05) is 6.54 Å². The van der Waals surface area contributed by atoms with Crippen molar-refractivity contribution in [3.05, 3.63) is 111 Å². The average molecular weight is 483 g/mol. The molecule has 7 nitrogen and oxygen atoms in total. The number of aromatic nitrogens is 3. The van der Waals surface area contributed by atoms with Crippen LogP contribution in [0.4, 0.5) is 8.78 Å². The molecular formula is C24H20F2N4O3S. The molecule has 174 valence electrons. The van der Waals surface area contributed by atoms with E-state index in [-0.39, 0.29) is 29.7 Å². The summed E-state index contributed by atoms with van der Waals surface area (Å²) in [7, 11) is 0. The van der Waals surface area contributed by atoms with E-state index in [1.807, 2.05) is 0 Å². The van der Waals surface area contributed by atoms with Gasteiger partial charge < -0.3 is 4.74 Å². The molecule has 0 radical (unpaired) electrons. The summed E-state index contributed by atoms with van der Waals surface area (Å²) >= 11 is 1.18. The van der Waals surface area contributed by atoms with Gasteiger partial charge >= 0.3 is 0 Å². The van der Waals surface area contributed by atoms with Gasteiger partial charge in [0.05, 0.1) is 0 Å². The Morgan fingerprint density at radius 3 is 2.32 bits per heavy atom. The summed E-state index contributed by atoms with van der Waals surface area (Å²) in [6.07, 6.45) is 0. The van der Waals surface area contributed by atoms with Crippen LogP contribution in [0.15, 0.2) is 78.0 Å². The zero-order valence-corrected chi connectivity index (χ0v) is 18.9. The van der Waals surface area contributed by atoms with Crippen LogP contribution in [-0.2, 0) is 6.61 Å². The van der Waals surface area contributed by atoms with Crippen LogP contribution in [0.25, 0.3) is 5.69 Å². The maximum Gasteiger partial charge on any atom is 0.220 e. The van der Waals surface area contributed by atoms with E-state index in [0.29, 0.717) is 28.0 Å². The highest BCUT2D eigenvalue weighted by Crippen LogP contribution is 2.40. The lowest BCUT2D eigenvalue weighted by Gasteiger charge is -2.18. The summed E-state index contributed by atoms with van der Waals surface area (Å²) in [5.41, 5.74) is 2.03. The lowest BCUT2D eigenvalue weighted by atomic mass is 10.1. The standard InChI is InChI=1S/C24H20F2N4O3S/c1-16-27-28-24(30(16)20-12-10-19(26)11-13-20)34-23(14-29(31)32)21-4-2-3-5-22(21)33-15-17-6-8-18(25)9-7-17/h2-13,23H,14-15H2,1H3/t23-/m1/s1. The van der Waals surface area contributed by atoms with Gasteiger partial charge in [-0.25, -0.2) is 8.78 Å². The highest BCUT2D eigenvalue weighted by Gasteiger charge is 2.26. The van der Waals surface area contributed by atoms with E-state index in [1.54, 1.807) is 60.0 Å². The molecule has 0 unspecified atom stereocenters. The maximum absolute atomic E-state index is 13.4. The number of nitrogens with zero attached hydrogens (tertiary/aromatic N) is 4. The third-order valence-electron chi connectivity index (χ3n) is 5.02. The molecule has 0 bridgehead atoms. The van der Waals surface area contributed by atoms with E-state index in [1.165, 1.54) is 36.0 Å². The van der Waals surface area contributed by atoms with Crippen LogP contribution in [0.2, 0.25) is 0 Å². The Hall–Kier alpha value is -3.79. The van der Waals surface area contributed by atoms with Gasteiger partial charge in [-0.3, -0.25) is 14.7 Å². The van der Waals surface area contributed by atoms with E-state index < -0.39 is 5.25 Å². The van der Waals surface area contributed by atoms with Crippen molar-refractivity contribution in [1.29, 1.82) is 0 Å². The lowest BCUT2D eigenvalue weighted by Crippen LogP contribution is -2.12. The van der Waals surface area contributed by atoms with Gasteiger partial charge in [0.15, 0.2) is 5.16 Å². The largest absolute Gasteiger partial charge is 0.489 e. The fourth-order valence-electron chi connectivity index (χ4n) is 3.39. The molecule has 1 atom stereocenters. The molecule has 0 aliphatic heterocycles. The van der Waals surface area contributed by atoms with Crippen molar-refractivity contribution in [3.8, 4) is 11.4 Å². The number of hydrogen-bond donors (Lipinski definition) is 0. The number of para-hydroxylation sites is 1. The molecule has 0 fully saturated rings. The molecule has 1 aromatic heterocycles. The third kappa shape index (κ3) is 5.57. The Labute approximate surface area is 198 Å². The van der Waals surface area contributed by atoms with Crippen molar-refractivity contribution in [2.45, 2.75) is 23.9 Å². The number of ether oxygens (including phenoxy) is 1. The average Bonchev–Trinajstić information content (AvgIpc) is 3.18. The number of rotatable bonds is 9. The summed E-state index contributed by atoms with van der Waals surface area (Å²) in [4.78, 5) is 11.1. The molecule has 0 spiro atoms. The van der Waals surface area contributed by atoms with Crippen LogP contribution >= 0.6 is 11.8 Å². The first-order valence-corrected chi connectivity index (χ1v) is 11.2. The monoisotopic (exact) mass is 482 g/mol. The van der Waals surface area contributed by atoms with Gasteiger partial charge in [-0.2, -0.15) is 0 Å². The second-order valence-corrected chi connectivity index (χ2v) is 8.59. The van der Waals surface area contributed by atoms with Crippen LogP contribution in [-0.4, -0.2) is 26.2 Å². The number of nitro groups is 1. The van der Waals surface area contributed by atoms with Crippen molar-refractivity contribution >= 4 is 11.8 Å². The molecule has 0 amide bonds. The first-order valence-electron chi connectivity index (χ1n) is 10.3. The minimum absolute atomic E-state index is 0.179. The fraction of sp³-hybridized carbons (Fsp3) is 0.167. The SMILES string of the molecule is Cc1nnc(S[C@H](C[N+](=O)[O-])c2ccccc2OCc2ccc(F)cc2)n1-c1ccc(F)cc1. The normalized spacial score (nSPS) is 11.9. The van der Waals surface area contributed by atoms with Crippen LogP contribution in [0.5, 0.6) is 5.75 Å². The number of hydrogen-bond acceptors (Lipinski definition) is 6. The quantitative estimate of drug-likeness (QED) is 0.177. The molecular weight excluding hydrogens is 462 g/mol. The minimum atomic E-state index is -0.637. The number of benzene rings is 3. The fourth-order valence-corrected chi connectivity index (χ4v) is 4.59. The van der Waals surface area contributed by atoms with Gasteiger partial charge in [-0.15, -0.1) is 10.2 Å². The van der Waals surface area contributed by atoms with Gasteiger partial charge in [0.2, 0.25) is 6.54 Å². The van der Waals surface area contributed by atoms with Gasteiger partial charge in [-0.1, -0.05) is 42.1 Å². The molecule has 4 rings (SSSR count). The Kier molecular flexibility index (Phi) is 7.17. The number of halogens is 2. The van der Waals surface area contributed by atoms with E-state index in [9.17, 15) is 18.9 Å². The predicted molar refractivity (Wildman–Crippen MR) is 124 cm³/mol. The van der Waals surface area contributed by atoms with Crippen LogP contribution in [0, 0.1) is 28.7 Å². The lowest BCUT2D eigenvalue weighted by molar-refractivity contribution is -0.479. The van der Waals surface area contributed by atoms with Crippen molar-refractivity contribution in [3.63, 3.8) is 0 Å². The van der Waals surface area contributed by atoms with Crippen molar-refractivity contribution < 1.29 is 18.4 Å². The predicted octanol–water partition coefficient (Wildman–Crippen LogP) is 5.54. The second kappa shape index (κ2) is 10.4. The molecule has 0 N–H and O–H groups in total. The molecule has 1 heterocycles. The highest BCUT2D eigenvalue weighted by atomic mass is 32.2. The molecule has 10 heteroatoms. The molecule has 0 aliphatic carbocycles. The zero-order valence-electron chi connectivity index (χ0n) is 18.1. The smallest absolute Gasteiger partial charge is 0.220 e. The summed E-state index contributed by atoms with van der Waals surface area (Å²) in [5, 5.41) is 19.6. The summed E-state index contributed by atoms with van der Waals surface area (Å²) < 4.78 is 34.3. The van der Waals surface area contributed by atoms with Gasteiger partial charge in [-0.05, 0) is 55.0 Å². The number of thioether (sulfide) groups is 1. The molecule has 34 heavy (non-hydrogen) atoms. The van der Waals surface area contributed by atoms with Crippen LogP contribution in [0.3, 0.4) is 0 Å². The van der Waals surface area contributed by atoms with E-state index in [0.717, 1.165) is 5.56 Å². The van der Waals surface area contributed by atoms with Gasteiger partial charge in [0.25, 0.3) is 0 Å². The molecule has 0 saturated carbocycles. The third-order valence-corrected chi connectivity index (χ3v) is 6.18. The first-order chi connectivity index (χ1) is 16.4. The molecule has 0 saturated heterocycles. The number of aryl methyl sites for hydroxylation is 1. The summed E-state index contributed by atoms with van der Waals surface area (Å²) in [5.74, 6) is 0.333. The summed E-state index contributed by atoms with van der Waals surface area (Å²) in [6, 6.07) is 18.9. The van der Waals surface area contributed by atoms with Crippen LogP contribution in [0.1, 0.15) is 22.2 Å². The second-order valence-electron chi connectivity index (χ2n) is 7.42. The summed E-state index contributed by atoms with van der Waals surface area (Å²) in [6.45, 7) is 1.55. The Morgan fingerprint density at radius 2 is 1.65 bits per heavy atom. The maximum atomic E-state index is 13.4. The van der Waals surface area contributed by atoms with Crippen LogP contribution < -0.4 is 4.74 Å². The molecule has 0 aliphatic rings. The van der Waals surface area contributed by atoms with Crippen molar-refractivity contribution in [2.24, 2.45) is 0 Å². The van der Waals surface area contributed by atoms with E-state index in [2.05, 4.69) is 10.2 Å². The van der Waals surface area contributed by atoms with E-state index >= 15 is 0 Å².